The predicted molar refractivity (Wildman–Crippen MR) is 70.3 cm³/mol. The second kappa shape index (κ2) is 5.78. The molecule has 2 N–H and O–H groups in total. The standard InChI is InChI=1S/C14H18FN3/c1-2-4-13-17-9-10-18(13)14-11(7-8-16)5-3-6-12(14)15/h3,5-6,9-10H,2,4,7-8,16H2,1H3. The molecule has 0 aliphatic heterocycles. The van der Waals surface area contributed by atoms with Crippen LogP contribution in [-0.4, -0.2) is 16.1 Å². The third-order valence-electron chi connectivity index (χ3n) is 2.92. The molecule has 1 heterocycles. The SMILES string of the molecule is CCCc1nccn1-c1c(F)cccc1CCN. The van der Waals surface area contributed by atoms with Crippen molar-refractivity contribution >= 4 is 0 Å². The first-order valence-corrected chi connectivity index (χ1v) is 6.28. The molecule has 4 heteroatoms. The molecule has 0 atom stereocenters. The molecule has 0 saturated heterocycles. The Labute approximate surface area is 106 Å². The van der Waals surface area contributed by atoms with Crippen molar-refractivity contribution in [1.82, 2.24) is 9.55 Å². The lowest BCUT2D eigenvalue weighted by molar-refractivity contribution is 0.610. The van der Waals surface area contributed by atoms with Crippen LogP contribution in [0.1, 0.15) is 24.7 Å². The second-order valence-electron chi connectivity index (χ2n) is 4.25. The van der Waals surface area contributed by atoms with Gasteiger partial charge in [0.15, 0.2) is 0 Å². The number of benzene rings is 1. The van der Waals surface area contributed by atoms with E-state index in [1.54, 1.807) is 12.3 Å². The molecule has 0 aliphatic rings. The van der Waals surface area contributed by atoms with Crippen molar-refractivity contribution in [3.63, 3.8) is 0 Å². The maximum Gasteiger partial charge on any atom is 0.147 e. The number of halogens is 1. The Kier molecular flexibility index (Phi) is 4.10. The largest absolute Gasteiger partial charge is 0.330 e. The van der Waals surface area contributed by atoms with E-state index < -0.39 is 0 Å². The van der Waals surface area contributed by atoms with E-state index in [2.05, 4.69) is 11.9 Å². The summed E-state index contributed by atoms with van der Waals surface area (Å²) < 4.78 is 15.9. The van der Waals surface area contributed by atoms with Crippen molar-refractivity contribution < 1.29 is 4.39 Å². The first-order valence-electron chi connectivity index (χ1n) is 6.28. The number of para-hydroxylation sites is 1. The molecule has 2 rings (SSSR count). The van der Waals surface area contributed by atoms with Crippen LogP contribution in [0.15, 0.2) is 30.6 Å². The Hall–Kier alpha value is -1.68. The van der Waals surface area contributed by atoms with Crippen LogP contribution >= 0.6 is 0 Å². The number of hydrogen-bond acceptors (Lipinski definition) is 2. The van der Waals surface area contributed by atoms with E-state index in [-0.39, 0.29) is 5.82 Å². The quantitative estimate of drug-likeness (QED) is 0.882. The monoisotopic (exact) mass is 247 g/mol. The maximum absolute atomic E-state index is 14.1. The Morgan fingerprint density at radius 1 is 1.33 bits per heavy atom. The number of aryl methyl sites for hydroxylation is 1. The van der Waals surface area contributed by atoms with E-state index in [0.717, 1.165) is 24.2 Å². The van der Waals surface area contributed by atoms with Crippen LogP contribution in [0.2, 0.25) is 0 Å². The van der Waals surface area contributed by atoms with Gasteiger partial charge in [-0.1, -0.05) is 19.1 Å². The lowest BCUT2D eigenvalue weighted by Gasteiger charge is -2.13. The molecule has 2 aromatic rings. The van der Waals surface area contributed by atoms with Gasteiger partial charge in [-0.15, -0.1) is 0 Å². The molecule has 1 aromatic carbocycles. The average Bonchev–Trinajstić information content (AvgIpc) is 2.78. The van der Waals surface area contributed by atoms with Crippen LogP contribution in [0.5, 0.6) is 0 Å². The first-order chi connectivity index (χ1) is 8.77. The molecular formula is C14H18FN3. The van der Waals surface area contributed by atoms with Gasteiger partial charge >= 0.3 is 0 Å². The molecule has 18 heavy (non-hydrogen) atoms. The number of nitrogens with zero attached hydrogens (tertiary/aromatic N) is 2. The summed E-state index contributed by atoms with van der Waals surface area (Å²) in [5, 5.41) is 0. The molecule has 0 spiro atoms. The number of nitrogens with two attached hydrogens (primary N) is 1. The summed E-state index contributed by atoms with van der Waals surface area (Å²) in [5.41, 5.74) is 7.09. The van der Waals surface area contributed by atoms with Crippen molar-refractivity contribution in [3.8, 4) is 5.69 Å². The summed E-state index contributed by atoms with van der Waals surface area (Å²) in [6.07, 6.45) is 6.00. The van der Waals surface area contributed by atoms with Gasteiger partial charge in [0.1, 0.15) is 11.6 Å². The molecule has 0 aliphatic carbocycles. The third-order valence-corrected chi connectivity index (χ3v) is 2.92. The molecule has 0 saturated carbocycles. The summed E-state index contributed by atoms with van der Waals surface area (Å²) >= 11 is 0. The Balaban J connectivity index is 2.51. The van der Waals surface area contributed by atoms with Crippen LogP contribution in [0, 0.1) is 5.82 Å². The van der Waals surface area contributed by atoms with E-state index in [0.29, 0.717) is 18.7 Å². The summed E-state index contributed by atoms with van der Waals surface area (Å²) in [5.74, 6) is 0.664. The van der Waals surface area contributed by atoms with Crippen molar-refractivity contribution in [2.75, 3.05) is 6.54 Å². The smallest absolute Gasteiger partial charge is 0.147 e. The zero-order chi connectivity index (χ0) is 13.0. The molecule has 0 unspecified atom stereocenters. The van der Waals surface area contributed by atoms with Gasteiger partial charge in [-0.05, 0) is 31.0 Å². The number of rotatable bonds is 5. The maximum atomic E-state index is 14.1. The minimum absolute atomic E-state index is 0.226. The number of aromatic nitrogens is 2. The topological polar surface area (TPSA) is 43.8 Å². The van der Waals surface area contributed by atoms with Gasteiger partial charge in [-0.25, -0.2) is 9.37 Å². The summed E-state index contributed by atoms with van der Waals surface area (Å²) in [6.45, 7) is 2.59. The molecule has 0 bridgehead atoms. The predicted octanol–water partition coefficient (Wildman–Crippen LogP) is 2.47. The minimum atomic E-state index is -0.226. The van der Waals surface area contributed by atoms with Crippen molar-refractivity contribution in [2.24, 2.45) is 5.73 Å². The van der Waals surface area contributed by atoms with Crippen LogP contribution in [0.3, 0.4) is 0 Å². The highest BCUT2D eigenvalue weighted by Gasteiger charge is 2.13. The molecule has 3 nitrogen and oxygen atoms in total. The average molecular weight is 247 g/mol. The van der Waals surface area contributed by atoms with Crippen molar-refractivity contribution in [3.05, 3.63) is 47.8 Å². The minimum Gasteiger partial charge on any atom is -0.330 e. The van der Waals surface area contributed by atoms with Gasteiger partial charge in [-0.2, -0.15) is 0 Å². The number of imidazole rings is 1. The normalized spacial score (nSPS) is 10.8. The zero-order valence-electron chi connectivity index (χ0n) is 10.6. The Morgan fingerprint density at radius 2 is 2.17 bits per heavy atom. The van der Waals surface area contributed by atoms with Crippen molar-refractivity contribution in [2.45, 2.75) is 26.2 Å². The van der Waals surface area contributed by atoms with E-state index in [1.807, 2.05) is 16.8 Å². The lowest BCUT2D eigenvalue weighted by Crippen LogP contribution is -2.10. The van der Waals surface area contributed by atoms with Crippen molar-refractivity contribution in [1.29, 1.82) is 0 Å². The molecule has 0 amide bonds. The van der Waals surface area contributed by atoms with Gasteiger partial charge in [0.2, 0.25) is 0 Å². The Bertz CT molecular complexity index is 520. The fourth-order valence-electron chi connectivity index (χ4n) is 2.13. The summed E-state index contributed by atoms with van der Waals surface area (Å²) in [6, 6.07) is 5.12. The van der Waals surface area contributed by atoms with Gasteiger partial charge in [0, 0.05) is 18.8 Å². The lowest BCUT2D eigenvalue weighted by atomic mass is 10.1. The van der Waals surface area contributed by atoms with Gasteiger partial charge in [-0.3, -0.25) is 0 Å². The van der Waals surface area contributed by atoms with Gasteiger partial charge < -0.3 is 10.3 Å². The van der Waals surface area contributed by atoms with E-state index in [1.165, 1.54) is 6.07 Å². The van der Waals surface area contributed by atoms with Gasteiger partial charge in [0.25, 0.3) is 0 Å². The van der Waals surface area contributed by atoms with Gasteiger partial charge in [0.05, 0.1) is 5.69 Å². The molecule has 0 radical (unpaired) electrons. The highest BCUT2D eigenvalue weighted by Crippen LogP contribution is 2.21. The summed E-state index contributed by atoms with van der Waals surface area (Å²) in [4.78, 5) is 4.29. The molecular weight excluding hydrogens is 229 g/mol. The molecule has 96 valence electrons. The first kappa shape index (κ1) is 12.8. The van der Waals surface area contributed by atoms with Crippen LogP contribution in [0.4, 0.5) is 4.39 Å². The summed E-state index contributed by atoms with van der Waals surface area (Å²) in [7, 11) is 0. The van der Waals surface area contributed by atoms with Crippen LogP contribution in [-0.2, 0) is 12.8 Å². The molecule has 0 fully saturated rings. The third kappa shape index (κ3) is 2.43. The van der Waals surface area contributed by atoms with E-state index in [4.69, 9.17) is 5.73 Å². The van der Waals surface area contributed by atoms with Crippen LogP contribution < -0.4 is 5.73 Å². The molecule has 1 aromatic heterocycles. The zero-order valence-corrected chi connectivity index (χ0v) is 10.6. The van der Waals surface area contributed by atoms with Crippen LogP contribution in [0.25, 0.3) is 5.69 Å². The highest BCUT2D eigenvalue weighted by molar-refractivity contribution is 5.43. The van der Waals surface area contributed by atoms with E-state index in [9.17, 15) is 4.39 Å². The van der Waals surface area contributed by atoms with E-state index >= 15 is 0 Å². The fraction of sp³-hybridized carbons (Fsp3) is 0.357. The Morgan fingerprint density at radius 3 is 2.89 bits per heavy atom. The highest BCUT2D eigenvalue weighted by atomic mass is 19.1. The second-order valence-corrected chi connectivity index (χ2v) is 4.25. The number of hydrogen-bond donors (Lipinski definition) is 1. The fourth-order valence-corrected chi connectivity index (χ4v) is 2.13.